The van der Waals surface area contributed by atoms with E-state index >= 15 is 0 Å². The van der Waals surface area contributed by atoms with Gasteiger partial charge in [0.15, 0.2) is 0 Å². The van der Waals surface area contributed by atoms with E-state index in [2.05, 4.69) is 50.2 Å². The van der Waals surface area contributed by atoms with Gasteiger partial charge in [0.2, 0.25) is 0 Å². The molecule has 0 fully saturated rings. The number of hydrogen-bond donors (Lipinski definition) is 0. The van der Waals surface area contributed by atoms with Crippen molar-refractivity contribution in [3.05, 3.63) is 52.3 Å². The van der Waals surface area contributed by atoms with Gasteiger partial charge >= 0.3 is 0 Å². The van der Waals surface area contributed by atoms with Crippen LogP contribution in [0.5, 0.6) is 0 Å². The summed E-state index contributed by atoms with van der Waals surface area (Å²) in [7, 11) is 0. The van der Waals surface area contributed by atoms with Crippen LogP contribution in [0.15, 0.2) is 41.1 Å². The van der Waals surface area contributed by atoms with E-state index in [-0.39, 0.29) is 0 Å². The predicted octanol–water partition coefficient (Wildman–Crippen LogP) is 2.66. The second-order valence-electron chi connectivity index (χ2n) is 4.41. The second kappa shape index (κ2) is 4.63. The number of benzene rings is 1. The van der Waals surface area contributed by atoms with E-state index < -0.39 is 0 Å². The summed E-state index contributed by atoms with van der Waals surface area (Å²) in [5, 5.41) is 4.29. The molecule has 0 saturated heterocycles. The third-order valence-corrected chi connectivity index (χ3v) is 3.57. The van der Waals surface area contributed by atoms with Crippen LogP contribution in [-0.4, -0.2) is 21.2 Å². The fourth-order valence-corrected chi connectivity index (χ4v) is 2.62. The molecule has 0 atom stereocenters. The minimum atomic E-state index is 0.861. The molecule has 0 radical (unpaired) electrons. The van der Waals surface area contributed by atoms with Crippen molar-refractivity contribution in [2.24, 2.45) is 0 Å². The molecule has 1 aromatic carbocycles. The van der Waals surface area contributed by atoms with Crippen LogP contribution in [-0.2, 0) is 19.6 Å². The Morgan fingerprint density at radius 1 is 1.24 bits per heavy atom. The number of nitrogens with zero attached hydrogens (tertiary/aromatic N) is 3. The molecule has 17 heavy (non-hydrogen) atoms. The van der Waals surface area contributed by atoms with Crippen molar-refractivity contribution in [3.63, 3.8) is 0 Å². The molecule has 0 N–H and O–H groups in total. The maximum Gasteiger partial charge on any atom is 0.0932 e. The van der Waals surface area contributed by atoms with Crippen molar-refractivity contribution in [3.8, 4) is 0 Å². The highest BCUT2D eigenvalue weighted by Gasteiger charge is 2.15. The van der Waals surface area contributed by atoms with E-state index in [1.54, 1.807) is 0 Å². The zero-order valence-electron chi connectivity index (χ0n) is 9.51. The van der Waals surface area contributed by atoms with Crippen LogP contribution in [0, 0.1) is 0 Å². The topological polar surface area (TPSA) is 21.1 Å². The normalized spacial score (nSPS) is 15.8. The number of rotatable bonds is 2. The number of hydrogen-bond acceptors (Lipinski definition) is 2. The lowest BCUT2D eigenvalue weighted by atomic mass is 10.0. The molecule has 0 spiro atoms. The fraction of sp³-hybridized carbons (Fsp3) is 0.308. The second-order valence-corrected chi connectivity index (χ2v) is 5.33. The van der Waals surface area contributed by atoms with Gasteiger partial charge in [-0.15, -0.1) is 0 Å². The van der Waals surface area contributed by atoms with E-state index in [1.165, 1.54) is 11.1 Å². The van der Waals surface area contributed by atoms with Crippen LogP contribution in [0.3, 0.4) is 0 Å². The van der Waals surface area contributed by atoms with E-state index in [0.29, 0.717) is 0 Å². The molecular formula is C13H14BrN3. The Hall–Kier alpha value is -1.13. The molecule has 1 aliphatic heterocycles. The minimum Gasteiger partial charge on any atom is -0.280 e. The van der Waals surface area contributed by atoms with Crippen LogP contribution in [0.25, 0.3) is 0 Å². The first kappa shape index (κ1) is 11.0. The smallest absolute Gasteiger partial charge is 0.0932 e. The number of aromatic nitrogens is 2. The van der Waals surface area contributed by atoms with Crippen molar-refractivity contribution in [1.29, 1.82) is 0 Å². The maximum absolute atomic E-state index is 4.29. The van der Waals surface area contributed by atoms with Gasteiger partial charge in [-0.05, 0) is 33.5 Å². The lowest BCUT2D eigenvalue weighted by Crippen LogP contribution is -2.32. The monoisotopic (exact) mass is 291 g/mol. The summed E-state index contributed by atoms with van der Waals surface area (Å²) >= 11 is 3.42. The van der Waals surface area contributed by atoms with Crippen molar-refractivity contribution in [2.75, 3.05) is 6.54 Å². The average Bonchev–Trinajstić information content (AvgIpc) is 2.75. The Morgan fingerprint density at radius 2 is 2.06 bits per heavy atom. The molecule has 0 amide bonds. The largest absolute Gasteiger partial charge is 0.280 e. The average molecular weight is 292 g/mol. The van der Waals surface area contributed by atoms with Crippen molar-refractivity contribution >= 4 is 15.9 Å². The Morgan fingerprint density at radius 3 is 2.82 bits per heavy atom. The third-order valence-electron chi connectivity index (χ3n) is 3.16. The summed E-state index contributed by atoms with van der Waals surface area (Å²) in [5.41, 5.74) is 2.94. The van der Waals surface area contributed by atoms with Gasteiger partial charge in [-0.2, -0.15) is 5.10 Å². The molecule has 3 rings (SSSR count). The summed E-state index contributed by atoms with van der Waals surface area (Å²) in [4.78, 5) is 2.42. The third kappa shape index (κ3) is 2.42. The zero-order valence-corrected chi connectivity index (χ0v) is 11.1. The van der Waals surface area contributed by atoms with Gasteiger partial charge in [-0.1, -0.05) is 24.3 Å². The molecular weight excluding hydrogens is 278 g/mol. The number of fused-ring (bicyclic) bond motifs is 1. The standard InChI is InChI=1S/C13H14BrN3/c14-13-7-15-17(9-13)10-16-6-5-11-3-1-2-4-12(11)8-16/h1-4,7,9H,5-6,8,10H2. The van der Waals surface area contributed by atoms with E-state index in [9.17, 15) is 0 Å². The molecule has 1 aromatic heterocycles. The minimum absolute atomic E-state index is 0.861. The first-order valence-corrected chi connectivity index (χ1v) is 6.58. The fourth-order valence-electron chi connectivity index (χ4n) is 2.30. The molecule has 0 bridgehead atoms. The predicted molar refractivity (Wildman–Crippen MR) is 70.5 cm³/mol. The van der Waals surface area contributed by atoms with E-state index in [1.807, 2.05) is 17.1 Å². The van der Waals surface area contributed by atoms with Crippen LogP contribution in [0.1, 0.15) is 11.1 Å². The van der Waals surface area contributed by atoms with E-state index in [4.69, 9.17) is 0 Å². The van der Waals surface area contributed by atoms with Gasteiger partial charge < -0.3 is 0 Å². The van der Waals surface area contributed by atoms with Gasteiger partial charge in [0.1, 0.15) is 0 Å². The van der Waals surface area contributed by atoms with E-state index in [0.717, 1.165) is 30.7 Å². The Labute approximate surface area is 109 Å². The van der Waals surface area contributed by atoms with Gasteiger partial charge in [0, 0.05) is 19.3 Å². The summed E-state index contributed by atoms with van der Waals surface area (Å²) in [6, 6.07) is 8.70. The number of halogens is 1. The molecule has 0 aliphatic carbocycles. The van der Waals surface area contributed by atoms with Gasteiger partial charge in [0.25, 0.3) is 0 Å². The van der Waals surface area contributed by atoms with Crippen LogP contribution in [0.4, 0.5) is 0 Å². The first-order valence-electron chi connectivity index (χ1n) is 5.78. The molecule has 0 unspecified atom stereocenters. The quantitative estimate of drug-likeness (QED) is 0.848. The molecule has 3 nitrogen and oxygen atoms in total. The summed E-state index contributed by atoms with van der Waals surface area (Å²) < 4.78 is 3.01. The van der Waals surface area contributed by atoms with Crippen LogP contribution in [0.2, 0.25) is 0 Å². The Balaban J connectivity index is 1.72. The van der Waals surface area contributed by atoms with Gasteiger partial charge in [-0.25, -0.2) is 0 Å². The molecule has 4 heteroatoms. The van der Waals surface area contributed by atoms with Crippen molar-refractivity contribution < 1.29 is 0 Å². The molecule has 2 aromatic rings. The zero-order chi connectivity index (χ0) is 11.7. The summed E-state index contributed by atoms with van der Waals surface area (Å²) in [6.45, 7) is 2.99. The highest BCUT2D eigenvalue weighted by Crippen LogP contribution is 2.19. The molecule has 88 valence electrons. The highest BCUT2D eigenvalue weighted by atomic mass is 79.9. The lowest BCUT2D eigenvalue weighted by molar-refractivity contribution is 0.190. The SMILES string of the molecule is Brc1cnn(CN2CCc3ccccc3C2)c1. The Kier molecular flexibility index (Phi) is 2.99. The molecule has 2 heterocycles. The van der Waals surface area contributed by atoms with Crippen LogP contribution >= 0.6 is 15.9 Å². The van der Waals surface area contributed by atoms with Crippen molar-refractivity contribution in [2.45, 2.75) is 19.6 Å². The summed E-state index contributed by atoms with van der Waals surface area (Å²) in [5.74, 6) is 0. The van der Waals surface area contributed by atoms with Crippen molar-refractivity contribution in [1.82, 2.24) is 14.7 Å². The highest BCUT2D eigenvalue weighted by molar-refractivity contribution is 9.10. The maximum atomic E-state index is 4.29. The first-order chi connectivity index (χ1) is 8.31. The molecule has 0 saturated carbocycles. The summed E-state index contributed by atoms with van der Waals surface area (Å²) in [6.07, 6.45) is 4.98. The van der Waals surface area contributed by atoms with Gasteiger partial charge in [-0.3, -0.25) is 9.58 Å². The lowest BCUT2D eigenvalue weighted by Gasteiger charge is -2.28. The Bertz CT molecular complexity index is 521. The molecule has 1 aliphatic rings. The van der Waals surface area contributed by atoms with Crippen LogP contribution < -0.4 is 0 Å². The van der Waals surface area contributed by atoms with Gasteiger partial charge in [0.05, 0.1) is 17.3 Å².